The number of fused-ring (bicyclic) bond motifs is 1. The van der Waals surface area contributed by atoms with E-state index in [1.807, 2.05) is 31.2 Å². The highest BCUT2D eigenvalue weighted by Crippen LogP contribution is 2.24. The number of hydrogen-bond acceptors (Lipinski definition) is 6. The Balaban J connectivity index is 1.60. The van der Waals surface area contributed by atoms with Crippen molar-refractivity contribution in [1.82, 2.24) is 15.3 Å². The molecule has 1 aliphatic heterocycles. The van der Waals surface area contributed by atoms with Gasteiger partial charge in [0.1, 0.15) is 5.82 Å². The zero-order valence-electron chi connectivity index (χ0n) is 13.7. The van der Waals surface area contributed by atoms with Crippen molar-refractivity contribution in [3.8, 4) is 0 Å². The Morgan fingerprint density at radius 1 is 1.38 bits per heavy atom. The van der Waals surface area contributed by atoms with Crippen LogP contribution in [0.1, 0.15) is 19.8 Å². The molecular formula is C17H22N4O2S. The number of carbonyl (C=O) groups excluding carboxylic acids is 1. The summed E-state index contributed by atoms with van der Waals surface area (Å²) in [5, 5.41) is 7.78. The summed E-state index contributed by atoms with van der Waals surface area (Å²) in [6.45, 7) is 4.20. The maximum atomic E-state index is 12.0. The largest absolute Gasteiger partial charge is 0.376 e. The van der Waals surface area contributed by atoms with Crippen molar-refractivity contribution in [3.05, 3.63) is 24.3 Å². The second-order valence-corrected chi connectivity index (χ2v) is 6.57. The zero-order chi connectivity index (χ0) is 16.8. The van der Waals surface area contributed by atoms with Gasteiger partial charge in [0.05, 0.1) is 17.4 Å². The summed E-state index contributed by atoms with van der Waals surface area (Å²) in [5.41, 5.74) is 0.880. The van der Waals surface area contributed by atoms with Gasteiger partial charge < -0.3 is 15.4 Å². The van der Waals surface area contributed by atoms with Crippen molar-refractivity contribution in [2.45, 2.75) is 31.0 Å². The summed E-state index contributed by atoms with van der Waals surface area (Å²) >= 11 is 1.35. The second-order valence-electron chi connectivity index (χ2n) is 5.63. The van der Waals surface area contributed by atoms with Crippen molar-refractivity contribution >= 4 is 34.4 Å². The summed E-state index contributed by atoms with van der Waals surface area (Å²) in [4.78, 5) is 21.1. The van der Waals surface area contributed by atoms with E-state index < -0.39 is 0 Å². The molecular weight excluding hydrogens is 324 g/mol. The lowest BCUT2D eigenvalue weighted by Crippen LogP contribution is -2.32. The first-order valence-electron chi connectivity index (χ1n) is 8.28. The van der Waals surface area contributed by atoms with Gasteiger partial charge in [-0.05, 0) is 31.9 Å². The number of hydrogen-bond donors (Lipinski definition) is 2. The Labute approximate surface area is 145 Å². The fraction of sp³-hybridized carbons (Fsp3) is 0.471. The molecule has 1 aromatic heterocycles. The quantitative estimate of drug-likeness (QED) is 0.592. The molecule has 1 aromatic carbocycles. The molecule has 7 heteroatoms. The van der Waals surface area contributed by atoms with Crippen LogP contribution in [-0.2, 0) is 9.53 Å². The van der Waals surface area contributed by atoms with Crippen LogP contribution in [-0.4, -0.2) is 47.4 Å². The molecule has 0 spiro atoms. The lowest BCUT2D eigenvalue weighted by Gasteiger charge is -2.11. The molecule has 1 aliphatic rings. The maximum absolute atomic E-state index is 12.0. The molecule has 2 N–H and O–H groups in total. The van der Waals surface area contributed by atoms with Crippen molar-refractivity contribution in [2.75, 3.05) is 30.8 Å². The lowest BCUT2D eigenvalue weighted by molar-refractivity contribution is -0.119. The molecule has 0 bridgehead atoms. The summed E-state index contributed by atoms with van der Waals surface area (Å²) in [5.74, 6) is 1.10. The average Bonchev–Trinajstić information content (AvgIpc) is 3.12. The predicted octanol–water partition coefficient (Wildman–Crippen LogP) is 2.45. The van der Waals surface area contributed by atoms with Crippen LogP contribution in [0.3, 0.4) is 0 Å². The van der Waals surface area contributed by atoms with E-state index >= 15 is 0 Å². The van der Waals surface area contributed by atoms with Gasteiger partial charge in [-0.15, -0.1) is 0 Å². The number of rotatable bonds is 7. The molecule has 1 atom stereocenters. The zero-order valence-corrected chi connectivity index (χ0v) is 14.6. The summed E-state index contributed by atoms with van der Waals surface area (Å²) in [7, 11) is 0. The molecule has 24 heavy (non-hydrogen) atoms. The Bertz CT molecular complexity index is 704. The second kappa shape index (κ2) is 8.30. The molecule has 2 aromatic rings. The number of nitrogens with one attached hydrogen (secondary N) is 2. The Hall–Kier alpha value is -1.86. The predicted molar refractivity (Wildman–Crippen MR) is 96.4 cm³/mol. The number of nitrogens with zero attached hydrogens (tertiary/aromatic N) is 2. The maximum Gasteiger partial charge on any atom is 0.230 e. The molecule has 1 saturated heterocycles. The minimum atomic E-state index is -0.0164. The van der Waals surface area contributed by atoms with Crippen LogP contribution in [0.5, 0.6) is 0 Å². The van der Waals surface area contributed by atoms with Gasteiger partial charge in [0.25, 0.3) is 0 Å². The number of carbonyl (C=O) groups is 1. The van der Waals surface area contributed by atoms with E-state index in [4.69, 9.17) is 4.74 Å². The number of ether oxygens (including phenoxy) is 1. The summed E-state index contributed by atoms with van der Waals surface area (Å²) < 4.78 is 5.50. The number of thioether (sulfide) groups is 1. The van der Waals surface area contributed by atoms with E-state index in [9.17, 15) is 4.79 Å². The monoisotopic (exact) mass is 346 g/mol. The fourth-order valence-corrected chi connectivity index (χ4v) is 3.32. The van der Waals surface area contributed by atoms with Gasteiger partial charge in [-0.3, -0.25) is 4.79 Å². The summed E-state index contributed by atoms with van der Waals surface area (Å²) in [6.07, 6.45) is 2.26. The van der Waals surface area contributed by atoms with Crippen molar-refractivity contribution < 1.29 is 9.53 Å². The molecule has 1 fully saturated rings. The third-order valence-corrected chi connectivity index (χ3v) is 4.66. The highest BCUT2D eigenvalue weighted by molar-refractivity contribution is 7.99. The minimum absolute atomic E-state index is 0.0164. The SMILES string of the molecule is CCNc1nc(SCC(=O)NCC2CCCO2)nc2ccccc12. The fourth-order valence-electron chi connectivity index (χ4n) is 2.64. The average molecular weight is 346 g/mol. The van der Waals surface area contributed by atoms with Crippen LogP contribution in [0.25, 0.3) is 10.9 Å². The van der Waals surface area contributed by atoms with E-state index in [0.717, 1.165) is 42.7 Å². The van der Waals surface area contributed by atoms with Gasteiger partial charge in [0.2, 0.25) is 5.91 Å². The Morgan fingerprint density at radius 3 is 3.04 bits per heavy atom. The normalized spacial score (nSPS) is 17.1. The molecule has 128 valence electrons. The van der Waals surface area contributed by atoms with Gasteiger partial charge in [-0.1, -0.05) is 23.9 Å². The van der Waals surface area contributed by atoms with Gasteiger partial charge in [0, 0.05) is 25.1 Å². The molecule has 0 radical (unpaired) electrons. The van der Waals surface area contributed by atoms with Crippen LogP contribution >= 0.6 is 11.8 Å². The van der Waals surface area contributed by atoms with E-state index in [1.54, 1.807) is 0 Å². The van der Waals surface area contributed by atoms with Crippen LogP contribution in [0.4, 0.5) is 5.82 Å². The molecule has 3 rings (SSSR count). The van der Waals surface area contributed by atoms with Gasteiger partial charge >= 0.3 is 0 Å². The number of amides is 1. The molecule has 1 amide bonds. The lowest BCUT2D eigenvalue weighted by atomic mass is 10.2. The van der Waals surface area contributed by atoms with Crippen molar-refractivity contribution in [1.29, 1.82) is 0 Å². The standard InChI is InChI=1S/C17H22N4O2S/c1-2-18-16-13-7-3-4-8-14(13)20-17(21-16)24-11-15(22)19-10-12-6-5-9-23-12/h3-4,7-8,12H,2,5-6,9-11H2,1H3,(H,19,22)(H,18,20,21). The first kappa shape index (κ1) is 17.0. The van der Waals surface area contributed by atoms with Gasteiger partial charge in [-0.25, -0.2) is 9.97 Å². The minimum Gasteiger partial charge on any atom is -0.376 e. The highest BCUT2D eigenvalue weighted by Gasteiger charge is 2.16. The Kier molecular flexibility index (Phi) is 5.87. The van der Waals surface area contributed by atoms with Crippen LogP contribution in [0, 0.1) is 0 Å². The van der Waals surface area contributed by atoms with Crippen LogP contribution in [0.2, 0.25) is 0 Å². The third kappa shape index (κ3) is 4.36. The topological polar surface area (TPSA) is 76.1 Å². The number of anilines is 1. The molecule has 2 heterocycles. The first-order chi connectivity index (χ1) is 11.8. The molecule has 6 nitrogen and oxygen atoms in total. The summed E-state index contributed by atoms with van der Waals surface area (Å²) in [6, 6.07) is 7.88. The van der Waals surface area contributed by atoms with E-state index in [1.165, 1.54) is 11.8 Å². The first-order valence-corrected chi connectivity index (χ1v) is 9.26. The number of benzene rings is 1. The molecule has 0 aliphatic carbocycles. The smallest absolute Gasteiger partial charge is 0.230 e. The van der Waals surface area contributed by atoms with Gasteiger partial charge in [0.15, 0.2) is 5.16 Å². The van der Waals surface area contributed by atoms with Gasteiger partial charge in [-0.2, -0.15) is 0 Å². The third-order valence-electron chi connectivity index (χ3n) is 3.81. The molecule has 1 unspecified atom stereocenters. The van der Waals surface area contributed by atoms with E-state index in [-0.39, 0.29) is 12.0 Å². The van der Waals surface area contributed by atoms with E-state index in [0.29, 0.717) is 17.5 Å². The molecule has 0 saturated carbocycles. The van der Waals surface area contributed by atoms with Crippen molar-refractivity contribution in [2.24, 2.45) is 0 Å². The number of para-hydroxylation sites is 1. The van der Waals surface area contributed by atoms with Crippen molar-refractivity contribution in [3.63, 3.8) is 0 Å². The van der Waals surface area contributed by atoms with E-state index in [2.05, 4.69) is 20.6 Å². The van der Waals surface area contributed by atoms with Crippen LogP contribution < -0.4 is 10.6 Å². The Morgan fingerprint density at radius 2 is 2.25 bits per heavy atom. The van der Waals surface area contributed by atoms with Crippen LogP contribution in [0.15, 0.2) is 29.4 Å². The highest BCUT2D eigenvalue weighted by atomic mass is 32.2. The number of aromatic nitrogens is 2.